The predicted molar refractivity (Wildman–Crippen MR) is 98.6 cm³/mol. The second-order valence-corrected chi connectivity index (χ2v) is 6.93. The zero-order valence-electron chi connectivity index (χ0n) is 16.1. The lowest BCUT2D eigenvalue weighted by atomic mass is 9.92. The van der Waals surface area contributed by atoms with E-state index < -0.39 is 0 Å². The Bertz CT molecular complexity index is 560. The minimum Gasteiger partial charge on any atom is -0.493 e. The van der Waals surface area contributed by atoms with Crippen LogP contribution in [0.3, 0.4) is 0 Å². The van der Waals surface area contributed by atoms with Crippen LogP contribution in [0.5, 0.6) is 17.2 Å². The largest absolute Gasteiger partial charge is 0.493 e. The summed E-state index contributed by atoms with van der Waals surface area (Å²) in [4.78, 5) is 14.8. The molecule has 0 aromatic heterocycles. The third kappa shape index (κ3) is 4.59. The molecule has 1 aromatic carbocycles. The van der Waals surface area contributed by atoms with E-state index in [-0.39, 0.29) is 5.91 Å². The van der Waals surface area contributed by atoms with Crippen molar-refractivity contribution in [3.63, 3.8) is 0 Å². The smallest absolute Gasteiger partial charge is 0.223 e. The van der Waals surface area contributed by atoms with Gasteiger partial charge in [0.15, 0.2) is 11.5 Å². The van der Waals surface area contributed by atoms with E-state index in [9.17, 15) is 4.79 Å². The average molecular weight is 349 g/mol. The van der Waals surface area contributed by atoms with Crippen molar-refractivity contribution in [2.24, 2.45) is 5.92 Å². The number of carbonyl (C=O) groups is 1. The van der Waals surface area contributed by atoms with Gasteiger partial charge >= 0.3 is 0 Å². The molecule has 1 aliphatic heterocycles. The summed E-state index contributed by atoms with van der Waals surface area (Å²) in [7, 11) is 4.80. The number of hydrogen-bond acceptors (Lipinski definition) is 4. The highest BCUT2D eigenvalue weighted by molar-refractivity contribution is 5.77. The Morgan fingerprint density at radius 3 is 2.28 bits per heavy atom. The number of methoxy groups -OCH3 is 3. The van der Waals surface area contributed by atoms with Crippen LogP contribution in [0.15, 0.2) is 12.1 Å². The van der Waals surface area contributed by atoms with Crippen LogP contribution in [0, 0.1) is 5.92 Å². The second-order valence-electron chi connectivity index (χ2n) is 6.93. The van der Waals surface area contributed by atoms with E-state index in [1.165, 1.54) is 6.42 Å². The first-order valence-electron chi connectivity index (χ1n) is 9.10. The first-order chi connectivity index (χ1) is 12.0. The molecule has 140 valence electrons. The summed E-state index contributed by atoms with van der Waals surface area (Å²) in [5, 5.41) is 0. The normalized spacial score (nSPS) is 17.5. The maximum absolute atomic E-state index is 12.8. The van der Waals surface area contributed by atoms with Gasteiger partial charge in [-0.1, -0.05) is 13.8 Å². The number of rotatable bonds is 7. The fraction of sp³-hybridized carbons (Fsp3) is 0.650. The van der Waals surface area contributed by atoms with Crippen molar-refractivity contribution in [1.29, 1.82) is 0 Å². The van der Waals surface area contributed by atoms with E-state index in [0.29, 0.717) is 42.0 Å². The van der Waals surface area contributed by atoms with Crippen molar-refractivity contribution >= 4 is 5.91 Å². The zero-order chi connectivity index (χ0) is 18.4. The van der Waals surface area contributed by atoms with Gasteiger partial charge in [-0.3, -0.25) is 4.79 Å². The Kier molecular flexibility index (Phi) is 6.97. The number of hydrogen-bond donors (Lipinski definition) is 0. The molecule has 1 aromatic rings. The average Bonchev–Trinajstić information content (AvgIpc) is 2.64. The number of piperidine rings is 1. The molecule has 1 amide bonds. The molecule has 0 saturated carbocycles. The summed E-state index contributed by atoms with van der Waals surface area (Å²) in [6, 6.07) is 4.22. The SMILES string of the molecule is COc1cc(CCC(=O)N2CCCCC2C(C)C)cc(OC)c1OC. The Morgan fingerprint density at radius 2 is 1.76 bits per heavy atom. The fourth-order valence-corrected chi connectivity index (χ4v) is 3.63. The van der Waals surface area contributed by atoms with Gasteiger partial charge in [0.25, 0.3) is 0 Å². The summed E-state index contributed by atoms with van der Waals surface area (Å²) in [5.74, 6) is 2.58. The molecule has 0 N–H and O–H groups in total. The summed E-state index contributed by atoms with van der Waals surface area (Å²) >= 11 is 0. The van der Waals surface area contributed by atoms with Gasteiger partial charge in [0.2, 0.25) is 11.7 Å². The van der Waals surface area contributed by atoms with Crippen LogP contribution < -0.4 is 14.2 Å². The lowest BCUT2D eigenvalue weighted by molar-refractivity contribution is -0.135. The molecule has 5 nitrogen and oxygen atoms in total. The second kappa shape index (κ2) is 8.97. The van der Waals surface area contributed by atoms with E-state index >= 15 is 0 Å². The first-order valence-corrected chi connectivity index (χ1v) is 9.10. The van der Waals surface area contributed by atoms with Crippen LogP contribution in [-0.2, 0) is 11.2 Å². The maximum Gasteiger partial charge on any atom is 0.223 e. The van der Waals surface area contributed by atoms with Crippen molar-refractivity contribution < 1.29 is 19.0 Å². The molecular formula is C20H31NO4. The molecule has 1 unspecified atom stereocenters. The number of carbonyl (C=O) groups excluding carboxylic acids is 1. The molecule has 0 spiro atoms. The van der Waals surface area contributed by atoms with Gasteiger partial charge in [-0.05, 0) is 49.3 Å². The van der Waals surface area contributed by atoms with Crippen LogP contribution in [-0.4, -0.2) is 44.7 Å². The van der Waals surface area contributed by atoms with E-state index in [2.05, 4.69) is 18.7 Å². The number of benzene rings is 1. The molecular weight excluding hydrogens is 318 g/mol. The van der Waals surface area contributed by atoms with Gasteiger partial charge in [-0.25, -0.2) is 0 Å². The van der Waals surface area contributed by atoms with E-state index in [1.54, 1.807) is 21.3 Å². The Hall–Kier alpha value is -1.91. The van der Waals surface area contributed by atoms with Gasteiger partial charge in [0.05, 0.1) is 21.3 Å². The van der Waals surface area contributed by atoms with Crippen molar-refractivity contribution in [2.45, 2.75) is 52.0 Å². The standard InChI is InChI=1S/C20H31NO4/c1-14(2)16-8-6-7-11-21(16)19(22)10-9-15-12-17(23-3)20(25-5)18(13-15)24-4/h12-14,16H,6-11H2,1-5H3. The van der Waals surface area contributed by atoms with Crippen LogP contribution in [0.1, 0.15) is 45.1 Å². The van der Waals surface area contributed by atoms with E-state index in [1.807, 2.05) is 12.1 Å². The number of ether oxygens (including phenoxy) is 3. The van der Waals surface area contributed by atoms with Crippen molar-refractivity contribution in [3.05, 3.63) is 17.7 Å². The van der Waals surface area contributed by atoms with Gasteiger partial charge in [-0.15, -0.1) is 0 Å². The number of likely N-dealkylation sites (tertiary alicyclic amines) is 1. The summed E-state index contributed by atoms with van der Waals surface area (Å²) in [6.45, 7) is 5.29. The van der Waals surface area contributed by atoms with Crippen LogP contribution in [0.2, 0.25) is 0 Å². The van der Waals surface area contributed by atoms with Crippen molar-refractivity contribution in [2.75, 3.05) is 27.9 Å². The molecule has 5 heteroatoms. The molecule has 1 aliphatic rings. The number of nitrogens with zero attached hydrogens (tertiary/aromatic N) is 1. The molecule has 1 atom stereocenters. The monoisotopic (exact) mass is 349 g/mol. The molecule has 25 heavy (non-hydrogen) atoms. The van der Waals surface area contributed by atoms with E-state index in [4.69, 9.17) is 14.2 Å². The third-order valence-corrected chi connectivity index (χ3v) is 4.99. The molecule has 1 saturated heterocycles. The Morgan fingerprint density at radius 1 is 1.12 bits per heavy atom. The minimum absolute atomic E-state index is 0.243. The summed E-state index contributed by atoms with van der Waals surface area (Å²) < 4.78 is 16.1. The molecule has 0 aliphatic carbocycles. The maximum atomic E-state index is 12.8. The highest BCUT2D eigenvalue weighted by atomic mass is 16.5. The fourth-order valence-electron chi connectivity index (χ4n) is 3.63. The van der Waals surface area contributed by atoms with Gasteiger partial charge < -0.3 is 19.1 Å². The zero-order valence-corrected chi connectivity index (χ0v) is 16.1. The lowest BCUT2D eigenvalue weighted by Crippen LogP contribution is -2.46. The molecule has 1 heterocycles. The number of aryl methyl sites for hydroxylation is 1. The highest BCUT2D eigenvalue weighted by Crippen LogP contribution is 2.38. The highest BCUT2D eigenvalue weighted by Gasteiger charge is 2.28. The number of amides is 1. The van der Waals surface area contributed by atoms with E-state index in [0.717, 1.165) is 24.9 Å². The molecule has 0 bridgehead atoms. The Labute approximate surface area is 151 Å². The van der Waals surface area contributed by atoms with Crippen molar-refractivity contribution in [1.82, 2.24) is 4.90 Å². The lowest BCUT2D eigenvalue weighted by Gasteiger charge is -2.38. The molecule has 1 fully saturated rings. The van der Waals surface area contributed by atoms with Crippen molar-refractivity contribution in [3.8, 4) is 17.2 Å². The van der Waals surface area contributed by atoms with Crippen LogP contribution >= 0.6 is 0 Å². The minimum atomic E-state index is 0.243. The molecule has 0 radical (unpaired) electrons. The Balaban J connectivity index is 2.08. The van der Waals surface area contributed by atoms with Gasteiger partial charge in [0.1, 0.15) is 0 Å². The van der Waals surface area contributed by atoms with Crippen LogP contribution in [0.4, 0.5) is 0 Å². The first kappa shape index (κ1) is 19.4. The quantitative estimate of drug-likeness (QED) is 0.753. The van der Waals surface area contributed by atoms with Crippen LogP contribution in [0.25, 0.3) is 0 Å². The molecule has 2 rings (SSSR count). The topological polar surface area (TPSA) is 48.0 Å². The summed E-state index contributed by atoms with van der Waals surface area (Å²) in [6.07, 6.45) is 4.62. The van der Waals surface area contributed by atoms with Gasteiger partial charge in [0, 0.05) is 19.0 Å². The summed E-state index contributed by atoms with van der Waals surface area (Å²) in [5.41, 5.74) is 1.01. The predicted octanol–water partition coefficient (Wildman–Crippen LogP) is 3.68. The third-order valence-electron chi connectivity index (χ3n) is 4.99. The van der Waals surface area contributed by atoms with Gasteiger partial charge in [-0.2, -0.15) is 0 Å².